The fourth-order valence-corrected chi connectivity index (χ4v) is 2.50. The van der Waals surface area contributed by atoms with Gasteiger partial charge in [-0.05, 0) is 18.8 Å². The number of hydrogen-bond acceptors (Lipinski definition) is 4. The largest absolute Gasteiger partial charge is 0.393 e. The molecule has 0 aliphatic heterocycles. The standard InChI is InChI=1S/C14H25N3O2S/c1-4-11-9-17-13(20-11)6-8-16-14(19)15-7-5-12(18)10(2)3/h9-10,12,18H,4-8H2,1-3H3,(H2,15,16,19). The predicted octanol–water partition coefficient (Wildman–Crippen LogP) is 1.95. The van der Waals surface area contributed by atoms with Gasteiger partial charge >= 0.3 is 6.03 Å². The van der Waals surface area contributed by atoms with E-state index in [0.717, 1.165) is 17.8 Å². The molecule has 0 spiro atoms. The number of amides is 2. The van der Waals surface area contributed by atoms with Crippen LogP contribution in [-0.4, -0.2) is 35.3 Å². The smallest absolute Gasteiger partial charge is 0.314 e. The molecule has 0 aromatic carbocycles. The van der Waals surface area contributed by atoms with E-state index in [4.69, 9.17) is 0 Å². The molecular formula is C14H25N3O2S. The summed E-state index contributed by atoms with van der Waals surface area (Å²) >= 11 is 1.69. The van der Waals surface area contributed by atoms with E-state index in [1.807, 2.05) is 20.0 Å². The Kier molecular flexibility index (Phi) is 7.54. The average Bonchev–Trinajstić information content (AvgIpc) is 2.86. The second-order valence-electron chi connectivity index (χ2n) is 5.11. The van der Waals surface area contributed by atoms with Gasteiger partial charge in [-0.2, -0.15) is 0 Å². The Balaban J connectivity index is 2.11. The lowest BCUT2D eigenvalue weighted by Crippen LogP contribution is -2.38. The number of aromatic nitrogens is 1. The predicted molar refractivity (Wildman–Crippen MR) is 82.1 cm³/mol. The van der Waals surface area contributed by atoms with E-state index in [9.17, 15) is 9.90 Å². The van der Waals surface area contributed by atoms with Crippen molar-refractivity contribution < 1.29 is 9.90 Å². The van der Waals surface area contributed by atoms with Gasteiger partial charge in [0.1, 0.15) is 0 Å². The van der Waals surface area contributed by atoms with Gasteiger partial charge in [-0.15, -0.1) is 11.3 Å². The normalized spacial score (nSPS) is 12.4. The van der Waals surface area contributed by atoms with Crippen molar-refractivity contribution in [3.63, 3.8) is 0 Å². The lowest BCUT2D eigenvalue weighted by Gasteiger charge is -2.14. The first-order valence-electron chi connectivity index (χ1n) is 7.16. The minimum Gasteiger partial charge on any atom is -0.393 e. The van der Waals surface area contributed by atoms with Crippen molar-refractivity contribution in [2.75, 3.05) is 13.1 Å². The highest BCUT2D eigenvalue weighted by molar-refractivity contribution is 7.11. The Morgan fingerprint density at radius 3 is 2.70 bits per heavy atom. The van der Waals surface area contributed by atoms with Crippen LogP contribution < -0.4 is 10.6 Å². The number of aryl methyl sites for hydroxylation is 1. The molecule has 0 aliphatic carbocycles. The molecule has 1 aromatic heterocycles. The number of aliphatic hydroxyl groups excluding tert-OH is 1. The maximum absolute atomic E-state index is 11.5. The molecule has 3 N–H and O–H groups in total. The number of nitrogens with one attached hydrogen (secondary N) is 2. The zero-order valence-corrected chi connectivity index (χ0v) is 13.3. The monoisotopic (exact) mass is 299 g/mol. The highest BCUT2D eigenvalue weighted by Crippen LogP contribution is 2.13. The number of carbonyl (C=O) groups is 1. The van der Waals surface area contributed by atoms with E-state index in [-0.39, 0.29) is 18.1 Å². The molecule has 2 amide bonds. The molecule has 0 fully saturated rings. The Morgan fingerprint density at radius 1 is 1.40 bits per heavy atom. The first kappa shape index (κ1) is 16.9. The molecule has 1 heterocycles. The van der Waals surface area contributed by atoms with Crippen molar-refractivity contribution in [3.05, 3.63) is 16.1 Å². The maximum atomic E-state index is 11.5. The molecule has 0 saturated heterocycles. The third-order valence-electron chi connectivity index (χ3n) is 3.07. The van der Waals surface area contributed by atoms with Crippen LogP contribution in [0.3, 0.4) is 0 Å². The number of rotatable bonds is 8. The Bertz CT molecular complexity index is 407. The molecule has 0 saturated carbocycles. The van der Waals surface area contributed by atoms with Crippen LogP contribution in [0, 0.1) is 5.92 Å². The summed E-state index contributed by atoms with van der Waals surface area (Å²) in [6, 6.07) is -0.187. The summed E-state index contributed by atoms with van der Waals surface area (Å²) in [6.45, 7) is 7.10. The van der Waals surface area contributed by atoms with Crippen LogP contribution in [0.15, 0.2) is 6.20 Å². The van der Waals surface area contributed by atoms with Crippen molar-refractivity contribution >= 4 is 17.4 Å². The van der Waals surface area contributed by atoms with E-state index in [0.29, 0.717) is 19.5 Å². The van der Waals surface area contributed by atoms with Gasteiger partial charge in [-0.3, -0.25) is 0 Å². The maximum Gasteiger partial charge on any atom is 0.314 e. The lowest BCUT2D eigenvalue weighted by molar-refractivity contribution is 0.116. The zero-order valence-electron chi connectivity index (χ0n) is 12.5. The van der Waals surface area contributed by atoms with E-state index in [1.165, 1.54) is 4.88 Å². The van der Waals surface area contributed by atoms with Crippen LogP contribution in [-0.2, 0) is 12.8 Å². The first-order chi connectivity index (χ1) is 9.52. The zero-order chi connectivity index (χ0) is 15.0. The minimum absolute atomic E-state index is 0.187. The molecule has 0 bridgehead atoms. The summed E-state index contributed by atoms with van der Waals surface area (Å²) in [4.78, 5) is 17.1. The van der Waals surface area contributed by atoms with Gasteiger partial charge in [0.2, 0.25) is 0 Å². The molecule has 6 heteroatoms. The number of urea groups is 1. The van der Waals surface area contributed by atoms with Crippen LogP contribution in [0.4, 0.5) is 4.79 Å². The van der Waals surface area contributed by atoms with Crippen LogP contribution in [0.25, 0.3) is 0 Å². The second kappa shape index (κ2) is 8.92. The fraction of sp³-hybridized carbons (Fsp3) is 0.714. The van der Waals surface area contributed by atoms with Crippen molar-refractivity contribution in [3.8, 4) is 0 Å². The van der Waals surface area contributed by atoms with Gasteiger partial charge in [0.15, 0.2) is 0 Å². The molecule has 0 radical (unpaired) electrons. The van der Waals surface area contributed by atoms with Crippen molar-refractivity contribution in [2.45, 2.75) is 46.1 Å². The SMILES string of the molecule is CCc1cnc(CCNC(=O)NCCC(O)C(C)C)s1. The number of aliphatic hydroxyl groups is 1. The van der Waals surface area contributed by atoms with Gasteiger partial charge in [0.25, 0.3) is 0 Å². The van der Waals surface area contributed by atoms with Crippen LogP contribution in [0.1, 0.15) is 37.1 Å². The molecule has 1 rings (SSSR count). The van der Waals surface area contributed by atoms with Gasteiger partial charge in [0.05, 0.1) is 11.1 Å². The topological polar surface area (TPSA) is 74.2 Å². The Labute approximate surface area is 124 Å². The summed E-state index contributed by atoms with van der Waals surface area (Å²) < 4.78 is 0. The Hall–Kier alpha value is -1.14. The van der Waals surface area contributed by atoms with Gasteiger partial charge in [0, 0.05) is 30.6 Å². The quantitative estimate of drug-likeness (QED) is 0.687. The first-order valence-corrected chi connectivity index (χ1v) is 7.98. The number of hydrogen-bond donors (Lipinski definition) is 3. The molecule has 1 atom stereocenters. The van der Waals surface area contributed by atoms with Gasteiger partial charge < -0.3 is 15.7 Å². The minimum atomic E-state index is -0.363. The molecule has 1 aromatic rings. The summed E-state index contributed by atoms with van der Waals surface area (Å²) in [7, 11) is 0. The van der Waals surface area contributed by atoms with Crippen LogP contribution in [0.2, 0.25) is 0 Å². The highest BCUT2D eigenvalue weighted by atomic mass is 32.1. The second-order valence-corrected chi connectivity index (χ2v) is 6.31. The van der Waals surface area contributed by atoms with E-state index >= 15 is 0 Å². The molecular weight excluding hydrogens is 274 g/mol. The van der Waals surface area contributed by atoms with Crippen molar-refractivity contribution in [1.82, 2.24) is 15.6 Å². The molecule has 1 unspecified atom stereocenters. The molecule has 0 aliphatic rings. The van der Waals surface area contributed by atoms with E-state index in [1.54, 1.807) is 11.3 Å². The van der Waals surface area contributed by atoms with Gasteiger partial charge in [-0.25, -0.2) is 9.78 Å². The number of nitrogens with zero attached hydrogens (tertiary/aromatic N) is 1. The summed E-state index contributed by atoms with van der Waals surface area (Å²) in [6.07, 6.45) is 3.87. The number of thiazole rings is 1. The Morgan fingerprint density at radius 2 is 2.10 bits per heavy atom. The van der Waals surface area contributed by atoms with Crippen LogP contribution in [0.5, 0.6) is 0 Å². The molecule has 20 heavy (non-hydrogen) atoms. The van der Waals surface area contributed by atoms with Crippen LogP contribution >= 0.6 is 11.3 Å². The third-order valence-corrected chi connectivity index (χ3v) is 4.27. The third kappa shape index (κ3) is 6.34. The van der Waals surface area contributed by atoms with Crippen molar-refractivity contribution in [2.24, 2.45) is 5.92 Å². The lowest BCUT2D eigenvalue weighted by atomic mass is 10.0. The van der Waals surface area contributed by atoms with Gasteiger partial charge in [-0.1, -0.05) is 20.8 Å². The highest BCUT2D eigenvalue weighted by Gasteiger charge is 2.09. The summed E-state index contributed by atoms with van der Waals surface area (Å²) in [5.41, 5.74) is 0. The van der Waals surface area contributed by atoms with Crippen molar-refractivity contribution in [1.29, 1.82) is 0 Å². The molecule has 5 nitrogen and oxygen atoms in total. The van der Waals surface area contributed by atoms with E-state index < -0.39 is 0 Å². The number of carbonyl (C=O) groups excluding carboxylic acids is 1. The fourth-order valence-electron chi connectivity index (χ4n) is 1.64. The average molecular weight is 299 g/mol. The summed E-state index contributed by atoms with van der Waals surface area (Å²) in [5.74, 6) is 0.220. The molecule has 114 valence electrons. The van der Waals surface area contributed by atoms with E-state index in [2.05, 4.69) is 22.5 Å². The summed E-state index contributed by atoms with van der Waals surface area (Å²) in [5, 5.41) is 16.2.